The molecular formula is C8H9NO3S. The second-order valence-electron chi connectivity index (χ2n) is 2.36. The molecule has 0 radical (unpaired) electrons. The number of nitrogens with one attached hydrogen (secondary N) is 1. The molecule has 0 fully saturated rings. The van der Waals surface area contributed by atoms with E-state index >= 15 is 0 Å². The van der Waals surface area contributed by atoms with Gasteiger partial charge in [0.25, 0.3) is 0 Å². The summed E-state index contributed by atoms with van der Waals surface area (Å²) in [5.41, 5.74) is 1.65. The molecule has 0 unspecified atom stereocenters. The standard InChI is InChI=1S/C8H9NO3S/c10-8(11)12-5-6-1-3-7(9-13)4-2-6/h1-4,9,13H,5H2,(H,10,11). The maximum atomic E-state index is 10.0. The van der Waals surface area contributed by atoms with Crippen LogP contribution in [0.1, 0.15) is 5.56 Å². The molecule has 70 valence electrons. The molecule has 0 amide bonds. The summed E-state index contributed by atoms with van der Waals surface area (Å²) in [6, 6.07) is 7.10. The summed E-state index contributed by atoms with van der Waals surface area (Å²) in [6.45, 7) is 0.0716. The van der Waals surface area contributed by atoms with Crippen molar-refractivity contribution in [2.75, 3.05) is 4.72 Å². The van der Waals surface area contributed by atoms with Crippen LogP contribution in [0.25, 0.3) is 0 Å². The zero-order valence-electron chi connectivity index (χ0n) is 6.73. The molecule has 0 aliphatic rings. The summed E-state index contributed by atoms with van der Waals surface area (Å²) in [5.74, 6) is 0. The lowest BCUT2D eigenvalue weighted by molar-refractivity contribution is 0.0854. The van der Waals surface area contributed by atoms with Gasteiger partial charge in [-0.2, -0.15) is 0 Å². The molecule has 0 aliphatic carbocycles. The fraction of sp³-hybridized carbons (Fsp3) is 0.125. The van der Waals surface area contributed by atoms with Crippen molar-refractivity contribution >= 4 is 24.7 Å². The second-order valence-corrected chi connectivity index (χ2v) is 2.59. The minimum absolute atomic E-state index is 0.0716. The zero-order chi connectivity index (χ0) is 9.68. The second kappa shape index (κ2) is 4.61. The molecule has 0 saturated heterocycles. The van der Waals surface area contributed by atoms with Gasteiger partial charge in [-0.3, -0.25) is 0 Å². The maximum absolute atomic E-state index is 10.0. The molecular weight excluding hydrogens is 190 g/mol. The fourth-order valence-corrected chi connectivity index (χ4v) is 0.970. The minimum Gasteiger partial charge on any atom is -0.450 e. The predicted molar refractivity (Wildman–Crippen MR) is 51.9 cm³/mol. The van der Waals surface area contributed by atoms with Crippen LogP contribution in [-0.2, 0) is 11.3 Å². The molecule has 5 heteroatoms. The number of hydrogen-bond donors (Lipinski definition) is 3. The SMILES string of the molecule is O=C(O)OCc1ccc(NS)cc1. The van der Waals surface area contributed by atoms with Crippen LogP contribution in [-0.4, -0.2) is 11.3 Å². The first-order chi connectivity index (χ1) is 6.22. The van der Waals surface area contributed by atoms with Crippen LogP contribution in [0.2, 0.25) is 0 Å². The average Bonchev–Trinajstić information content (AvgIpc) is 2.15. The minimum atomic E-state index is -1.27. The van der Waals surface area contributed by atoms with E-state index in [9.17, 15) is 4.79 Å². The van der Waals surface area contributed by atoms with Gasteiger partial charge in [0.1, 0.15) is 6.61 Å². The molecule has 2 N–H and O–H groups in total. The van der Waals surface area contributed by atoms with Crippen molar-refractivity contribution in [3.8, 4) is 0 Å². The molecule has 0 spiro atoms. The third kappa shape index (κ3) is 3.25. The highest BCUT2D eigenvalue weighted by atomic mass is 32.1. The van der Waals surface area contributed by atoms with Gasteiger partial charge in [-0.15, -0.1) is 0 Å². The Morgan fingerprint density at radius 3 is 2.54 bits per heavy atom. The lowest BCUT2D eigenvalue weighted by Crippen LogP contribution is -1.99. The summed E-state index contributed by atoms with van der Waals surface area (Å²) in [6.07, 6.45) is -1.27. The number of ether oxygens (including phenoxy) is 1. The third-order valence-electron chi connectivity index (χ3n) is 1.45. The summed E-state index contributed by atoms with van der Waals surface area (Å²) in [4.78, 5) is 10.0. The molecule has 0 saturated carbocycles. The Hall–Kier alpha value is -1.36. The van der Waals surface area contributed by atoms with Gasteiger partial charge < -0.3 is 14.6 Å². The van der Waals surface area contributed by atoms with Crippen LogP contribution in [0.5, 0.6) is 0 Å². The Labute approximate surface area is 81.1 Å². The molecule has 1 rings (SSSR count). The highest BCUT2D eigenvalue weighted by Gasteiger charge is 1.97. The van der Waals surface area contributed by atoms with E-state index in [1.165, 1.54) is 0 Å². The molecule has 0 aliphatic heterocycles. The van der Waals surface area contributed by atoms with Crippen LogP contribution in [0.4, 0.5) is 10.5 Å². The van der Waals surface area contributed by atoms with Crippen LogP contribution < -0.4 is 4.72 Å². The zero-order valence-corrected chi connectivity index (χ0v) is 7.62. The fourth-order valence-electron chi connectivity index (χ4n) is 0.821. The highest BCUT2D eigenvalue weighted by Crippen LogP contribution is 2.10. The van der Waals surface area contributed by atoms with E-state index < -0.39 is 6.16 Å². The number of thiol groups is 1. The Kier molecular flexibility index (Phi) is 3.45. The number of hydrogen-bond acceptors (Lipinski definition) is 4. The van der Waals surface area contributed by atoms with Crippen molar-refractivity contribution in [3.05, 3.63) is 29.8 Å². The van der Waals surface area contributed by atoms with Crippen molar-refractivity contribution in [1.29, 1.82) is 0 Å². The Morgan fingerprint density at radius 2 is 2.08 bits per heavy atom. The van der Waals surface area contributed by atoms with E-state index in [1.54, 1.807) is 24.3 Å². The number of anilines is 1. The normalized spacial score (nSPS) is 9.31. The van der Waals surface area contributed by atoms with Crippen molar-refractivity contribution < 1.29 is 14.6 Å². The van der Waals surface area contributed by atoms with Gasteiger partial charge in [0.05, 0.1) is 0 Å². The van der Waals surface area contributed by atoms with Crippen LogP contribution in [0.3, 0.4) is 0 Å². The van der Waals surface area contributed by atoms with Gasteiger partial charge in [0.2, 0.25) is 0 Å². The first-order valence-electron chi connectivity index (χ1n) is 3.57. The van der Waals surface area contributed by atoms with E-state index in [0.29, 0.717) is 0 Å². The summed E-state index contributed by atoms with van der Waals surface area (Å²) < 4.78 is 7.03. The smallest absolute Gasteiger partial charge is 0.450 e. The monoisotopic (exact) mass is 199 g/mol. The lowest BCUT2D eigenvalue weighted by atomic mass is 10.2. The van der Waals surface area contributed by atoms with Crippen LogP contribution >= 0.6 is 12.8 Å². The Balaban J connectivity index is 2.54. The number of rotatable bonds is 3. The van der Waals surface area contributed by atoms with Gasteiger partial charge in [0.15, 0.2) is 0 Å². The van der Waals surface area contributed by atoms with Crippen molar-refractivity contribution in [1.82, 2.24) is 0 Å². The number of benzene rings is 1. The van der Waals surface area contributed by atoms with Crippen LogP contribution in [0, 0.1) is 0 Å². The summed E-state index contributed by atoms with van der Waals surface area (Å²) in [7, 11) is 0. The molecule has 13 heavy (non-hydrogen) atoms. The summed E-state index contributed by atoms with van der Waals surface area (Å²) >= 11 is 3.85. The van der Waals surface area contributed by atoms with Crippen LogP contribution in [0.15, 0.2) is 24.3 Å². The van der Waals surface area contributed by atoms with Crippen molar-refractivity contribution in [2.45, 2.75) is 6.61 Å². The largest absolute Gasteiger partial charge is 0.506 e. The molecule has 0 heterocycles. The number of carboxylic acid groups (broad SMARTS) is 1. The van der Waals surface area contributed by atoms with E-state index in [4.69, 9.17) is 5.11 Å². The first-order valence-corrected chi connectivity index (χ1v) is 4.02. The van der Waals surface area contributed by atoms with Gasteiger partial charge in [0, 0.05) is 5.69 Å². The molecule has 0 aromatic heterocycles. The Morgan fingerprint density at radius 1 is 1.46 bits per heavy atom. The van der Waals surface area contributed by atoms with Gasteiger partial charge >= 0.3 is 6.16 Å². The number of carbonyl (C=O) groups is 1. The van der Waals surface area contributed by atoms with Gasteiger partial charge in [-0.25, -0.2) is 4.79 Å². The Bertz CT molecular complexity index is 286. The first kappa shape index (κ1) is 9.73. The molecule has 1 aromatic rings. The quantitative estimate of drug-likeness (QED) is 0.515. The highest BCUT2D eigenvalue weighted by molar-refractivity contribution is 7.81. The predicted octanol–water partition coefficient (Wildman–Crippen LogP) is 2.14. The van der Waals surface area contributed by atoms with E-state index in [1.807, 2.05) is 0 Å². The van der Waals surface area contributed by atoms with Crippen molar-refractivity contribution in [2.24, 2.45) is 0 Å². The van der Waals surface area contributed by atoms with E-state index in [-0.39, 0.29) is 6.61 Å². The molecule has 4 nitrogen and oxygen atoms in total. The van der Waals surface area contributed by atoms with Gasteiger partial charge in [-0.05, 0) is 17.7 Å². The lowest BCUT2D eigenvalue weighted by Gasteiger charge is -2.02. The average molecular weight is 199 g/mol. The topological polar surface area (TPSA) is 58.6 Å². The van der Waals surface area contributed by atoms with E-state index in [2.05, 4.69) is 22.3 Å². The van der Waals surface area contributed by atoms with E-state index in [0.717, 1.165) is 11.3 Å². The summed E-state index contributed by atoms with van der Waals surface area (Å²) in [5, 5.41) is 8.23. The molecule has 0 bridgehead atoms. The third-order valence-corrected chi connectivity index (χ3v) is 1.70. The van der Waals surface area contributed by atoms with Crippen molar-refractivity contribution in [3.63, 3.8) is 0 Å². The maximum Gasteiger partial charge on any atom is 0.506 e. The van der Waals surface area contributed by atoms with Gasteiger partial charge in [-0.1, -0.05) is 24.9 Å². The molecule has 0 atom stereocenters. The molecule has 1 aromatic carbocycles.